The number of carbonyl (C=O) groups excluding carboxylic acids is 1. The van der Waals surface area contributed by atoms with Gasteiger partial charge in [-0.15, -0.1) is 0 Å². The van der Waals surface area contributed by atoms with Crippen LogP contribution in [-0.4, -0.2) is 47.2 Å². The Labute approximate surface area is 211 Å². The lowest BCUT2D eigenvalue weighted by molar-refractivity contribution is -0.122. The Morgan fingerprint density at radius 3 is 2.83 bits per heavy atom. The van der Waals surface area contributed by atoms with Crippen LogP contribution in [0.4, 0.5) is 5.69 Å². The molecule has 4 rings (SSSR count). The summed E-state index contributed by atoms with van der Waals surface area (Å²) in [5, 5.41) is 7.56. The molecule has 1 unspecified atom stereocenters. The number of anilines is 1. The zero-order chi connectivity index (χ0) is 24.9. The van der Waals surface area contributed by atoms with Crippen LogP contribution in [0.2, 0.25) is 5.02 Å². The molecule has 1 saturated heterocycles. The van der Waals surface area contributed by atoms with E-state index in [0.29, 0.717) is 33.4 Å². The Morgan fingerprint density at radius 2 is 2.09 bits per heavy atom. The molecule has 3 aromatic rings. The molecule has 2 aromatic carbocycles. The van der Waals surface area contributed by atoms with Crippen LogP contribution >= 0.6 is 11.6 Å². The van der Waals surface area contributed by atoms with Crippen LogP contribution in [0.15, 0.2) is 47.3 Å². The van der Waals surface area contributed by atoms with Crippen LogP contribution < -0.4 is 21.1 Å². The Morgan fingerprint density at radius 1 is 1.26 bits per heavy atom. The third-order valence-corrected chi connectivity index (χ3v) is 6.49. The van der Waals surface area contributed by atoms with Crippen molar-refractivity contribution in [1.82, 2.24) is 20.2 Å². The van der Waals surface area contributed by atoms with Crippen molar-refractivity contribution in [3.8, 4) is 11.4 Å². The van der Waals surface area contributed by atoms with Gasteiger partial charge in [0, 0.05) is 41.4 Å². The molecule has 8 heteroatoms. The number of hydrogen-bond donors (Lipinski definition) is 2. The molecule has 1 aliphatic rings. The first-order valence-electron chi connectivity index (χ1n) is 12.4. The predicted octanol–water partition coefficient (Wildman–Crippen LogP) is 4.21. The number of nitrogens with zero attached hydrogens (tertiary/aromatic N) is 3. The largest absolute Gasteiger partial charge is 0.370 e. The number of amides is 1. The number of rotatable bonds is 7. The van der Waals surface area contributed by atoms with Crippen LogP contribution in [0.1, 0.15) is 40.0 Å². The van der Waals surface area contributed by atoms with Gasteiger partial charge in [0.2, 0.25) is 5.91 Å². The first kappa shape index (κ1) is 25.2. The van der Waals surface area contributed by atoms with E-state index in [2.05, 4.69) is 22.5 Å². The maximum absolute atomic E-state index is 13.8. The van der Waals surface area contributed by atoms with Crippen LogP contribution in [0, 0.1) is 0 Å². The van der Waals surface area contributed by atoms with Gasteiger partial charge in [-0.3, -0.25) is 14.2 Å². The van der Waals surface area contributed by atoms with E-state index in [9.17, 15) is 9.59 Å². The molecular weight excluding hydrogens is 462 g/mol. The fourth-order valence-electron chi connectivity index (χ4n) is 4.69. The van der Waals surface area contributed by atoms with Crippen molar-refractivity contribution in [3.05, 3.63) is 57.8 Å². The summed E-state index contributed by atoms with van der Waals surface area (Å²) in [5.74, 6) is 0.197. The standard InChI is InChI=1S/C27H34ClN5O2/c1-4-7-21-16-32(13-6-12-29-21)22-10-11-24-23(15-22)27(35)33(17-25(34)30-18(2)3)26(31-24)19-8-5-9-20(28)14-19/h5,8-11,14-15,18,21,29H,4,6-7,12-13,16-17H2,1-3H3,(H,30,34). The molecule has 0 saturated carbocycles. The van der Waals surface area contributed by atoms with Gasteiger partial charge >= 0.3 is 0 Å². The summed E-state index contributed by atoms with van der Waals surface area (Å²) in [4.78, 5) is 33.6. The smallest absolute Gasteiger partial charge is 0.262 e. The summed E-state index contributed by atoms with van der Waals surface area (Å²) in [5.41, 5.74) is 2.07. The average Bonchev–Trinajstić information content (AvgIpc) is 3.06. The van der Waals surface area contributed by atoms with Gasteiger partial charge in [-0.25, -0.2) is 4.98 Å². The predicted molar refractivity (Wildman–Crippen MR) is 143 cm³/mol. The van der Waals surface area contributed by atoms with Crippen molar-refractivity contribution < 1.29 is 4.79 Å². The highest BCUT2D eigenvalue weighted by molar-refractivity contribution is 6.30. The molecule has 35 heavy (non-hydrogen) atoms. The molecule has 2 heterocycles. The minimum atomic E-state index is -0.233. The fraction of sp³-hybridized carbons (Fsp3) is 0.444. The van der Waals surface area contributed by atoms with Gasteiger partial charge in [0.1, 0.15) is 12.4 Å². The second kappa shape index (κ2) is 11.2. The van der Waals surface area contributed by atoms with Crippen molar-refractivity contribution in [2.45, 2.75) is 58.7 Å². The zero-order valence-corrected chi connectivity index (χ0v) is 21.4. The molecule has 1 fully saturated rings. The van der Waals surface area contributed by atoms with Gasteiger partial charge in [0.15, 0.2) is 0 Å². The lowest BCUT2D eigenvalue weighted by Gasteiger charge is -2.26. The number of benzene rings is 2. The van der Waals surface area contributed by atoms with Crippen molar-refractivity contribution >= 4 is 34.1 Å². The van der Waals surface area contributed by atoms with E-state index < -0.39 is 0 Å². The van der Waals surface area contributed by atoms with Gasteiger partial charge in [-0.05, 0) is 63.6 Å². The third kappa shape index (κ3) is 6.03. The van der Waals surface area contributed by atoms with E-state index in [1.54, 1.807) is 12.1 Å². The molecule has 186 valence electrons. The lowest BCUT2D eigenvalue weighted by atomic mass is 10.1. The zero-order valence-electron chi connectivity index (χ0n) is 20.7. The maximum atomic E-state index is 13.8. The number of halogens is 1. The summed E-state index contributed by atoms with van der Waals surface area (Å²) in [7, 11) is 0. The summed E-state index contributed by atoms with van der Waals surface area (Å²) in [6, 6.07) is 13.5. The molecule has 0 spiro atoms. The second-order valence-corrected chi connectivity index (χ2v) is 9.94. The normalized spacial score (nSPS) is 16.5. The molecule has 1 aromatic heterocycles. The summed E-state index contributed by atoms with van der Waals surface area (Å²) >= 11 is 6.23. The lowest BCUT2D eigenvalue weighted by Crippen LogP contribution is -2.38. The molecule has 1 atom stereocenters. The van der Waals surface area contributed by atoms with Crippen LogP contribution in [0.3, 0.4) is 0 Å². The summed E-state index contributed by atoms with van der Waals surface area (Å²) < 4.78 is 1.46. The van der Waals surface area contributed by atoms with Crippen LogP contribution in [0.5, 0.6) is 0 Å². The van der Waals surface area contributed by atoms with E-state index >= 15 is 0 Å². The minimum absolute atomic E-state index is 0.0273. The first-order valence-corrected chi connectivity index (χ1v) is 12.8. The maximum Gasteiger partial charge on any atom is 0.262 e. The Bertz CT molecular complexity index is 1260. The van der Waals surface area contributed by atoms with Gasteiger partial charge < -0.3 is 15.5 Å². The highest BCUT2D eigenvalue weighted by Gasteiger charge is 2.20. The fourth-order valence-corrected chi connectivity index (χ4v) is 4.88. The molecular formula is C27H34ClN5O2. The first-order chi connectivity index (χ1) is 16.9. The monoisotopic (exact) mass is 495 g/mol. The Kier molecular flexibility index (Phi) is 8.08. The van der Waals surface area contributed by atoms with Crippen LogP contribution in [0.25, 0.3) is 22.3 Å². The number of hydrogen-bond acceptors (Lipinski definition) is 5. The minimum Gasteiger partial charge on any atom is -0.370 e. The number of nitrogens with one attached hydrogen (secondary N) is 2. The van der Waals surface area contributed by atoms with Gasteiger partial charge in [0.05, 0.1) is 10.9 Å². The van der Waals surface area contributed by atoms with Crippen molar-refractivity contribution in [2.75, 3.05) is 24.5 Å². The molecule has 0 aliphatic carbocycles. The van der Waals surface area contributed by atoms with E-state index in [4.69, 9.17) is 16.6 Å². The number of fused-ring (bicyclic) bond motifs is 1. The van der Waals surface area contributed by atoms with Gasteiger partial charge in [-0.2, -0.15) is 0 Å². The SMILES string of the molecule is CCCC1CN(c2ccc3nc(-c4cccc(Cl)c4)n(CC(=O)NC(C)C)c(=O)c3c2)CCCN1. The Balaban J connectivity index is 1.80. The average molecular weight is 496 g/mol. The van der Waals surface area contributed by atoms with E-state index in [-0.39, 0.29) is 24.1 Å². The summed E-state index contributed by atoms with van der Waals surface area (Å²) in [6.45, 7) is 8.70. The van der Waals surface area contributed by atoms with Crippen molar-refractivity contribution in [1.29, 1.82) is 0 Å². The third-order valence-electron chi connectivity index (χ3n) is 6.25. The van der Waals surface area contributed by atoms with E-state index in [1.165, 1.54) is 4.57 Å². The highest BCUT2D eigenvalue weighted by Crippen LogP contribution is 2.25. The van der Waals surface area contributed by atoms with Gasteiger partial charge in [0.25, 0.3) is 5.56 Å². The molecule has 0 bridgehead atoms. The van der Waals surface area contributed by atoms with E-state index in [1.807, 2.05) is 44.2 Å². The summed E-state index contributed by atoms with van der Waals surface area (Å²) in [6.07, 6.45) is 3.29. The second-order valence-electron chi connectivity index (χ2n) is 9.50. The van der Waals surface area contributed by atoms with Gasteiger partial charge in [-0.1, -0.05) is 37.1 Å². The molecule has 2 N–H and O–H groups in total. The topological polar surface area (TPSA) is 79.3 Å². The number of aromatic nitrogens is 2. The van der Waals surface area contributed by atoms with Crippen molar-refractivity contribution in [3.63, 3.8) is 0 Å². The molecule has 1 aliphatic heterocycles. The Hall–Kier alpha value is -2.90. The molecule has 7 nitrogen and oxygen atoms in total. The number of carbonyl (C=O) groups is 1. The van der Waals surface area contributed by atoms with E-state index in [0.717, 1.165) is 44.6 Å². The molecule has 0 radical (unpaired) electrons. The van der Waals surface area contributed by atoms with Crippen LogP contribution in [-0.2, 0) is 11.3 Å². The highest BCUT2D eigenvalue weighted by atomic mass is 35.5. The quantitative estimate of drug-likeness (QED) is 0.513. The molecule has 1 amide bonds. The van der Waals surface area contributed by atoms with Crippen molar-refractivity contribution in [2.24, 2.45) is 0 Å².